The van der Waals surface area contributed by atoms with Crippen LogP contribution in [0, 0.1) is 0 Å². The summed E-state index contributed by atoms with van der Waals surface area (Å²) >= 11 is 0. The molecule has 1 fully saturated rings. The summed E-state index contributed by atoms with van der Waals surface area (Å²) in [6.45, 7) is 12.5. The van der Waals surface area contributed by atoms with E-state index in [0.29, 0.717) is 6.04 Å². The molecule has 0 radical (unpaired) electrons. The third-order valence-corrected chi connectivity index (χ3v) is 4.88. The average Bonchev–Trinajstić information content (AvgIpc) is 3.03. The van der Waals surface area contributed by atoms with Crippen molar-refractivity contribution in [3.05, 3.63) is 36.7 Å². The van der Waals surface area contributed by atoms with Crippen LogP contribution in [0.2, 0.25) is 0 Å². The molecule has 0 unspecified atom stereocenters. The van der Waals surface area contributed by atoms with Gasteiger partial charge < -0.3 is 9.31 Å². The van der Waals surface area contributed by atoms with E-state index < -0.39 is 0 Å². The fourth-order valence-corrected chi connectivity index (χ4v) is 2.61. The average molecular weight is 312 g/mol. The molecule has 4 nitrogen and oxygen atoms in total. The molecule has 1 aliphatic heterocycles. The van der Waals surface area contributed by atoms with Crippen molar-refractivity contribution in [3.8, 4) is 11.1 Å². The lowest BCUT2D eigenvalue weighted by Gasteiger charge is -2.32. The molecular formula is C18H25BN2O2. The predicted molar refractivity (Wildman–Crippen MR) is 93.8 cm³/mol. The highest BCUT2D eigenvalue weighted by Gasteiger charge is 2.51. The molecule has 5 heteroatoms. The lowest BCUT2D eigenvalue weighted by molar-refractivity contribution is 0.00578. The summed E-state index contributed by atoms with van der Waals surface area (Å²) in [5.41, 5.74) is 2.63. The maximum atomic E-state index is 6.14. The maximum absolute atomic E-state index is 6.14. The Morgan fingerprint density at radius 3 is 2.26 bits per heavy atom. The zero-order chi connectivity index (χ0) is 16.8. The standard InChI is InChI=1S/C18H25BN2O2/c1-13(2)21-12-15(11-20-21)14-8-7-9-16(10-14)19-22-17(3,4)18(5,6)23-19/h7-13H,1-6H3. The molecule has 0 spiro atoms. The van der Waals surface area contributed by atoms with Crippen molar-refractivity contribution >= 4 is 12.6 Å². The van der Waals surface area contributed by atoms with E-state index in [4.69, 9.17) is 9.31 Å². The second-order valence-corrected chi connectivity index (χ2v) is 7.52. The van der Waals surface area contributed by atoms with Crippen molar-refractivity contribution in [2.75, 3.05) is 0 Å². The van der Waals surface area contributed by atoms with Crippen LogP contribution < -0.4 is 5.46 Å². The minimum atomic E-state index is -0.333. The summed E-state index contributed by atoms with van der Waals surface area (Å²) < 4.78 is 14.3. The monoisotopic (exact) mass is 312 g/mol. The number of hydrogen-bond donors (Lipinski definition) is 0. The van der Waals surface area contributed by atoms with Gasteiger partial charge in [0.15, 0.2) is 0 Å². The summed E-state index contributed by atoms with van der Waals surface area (Å²) in [5.74, 6) is 0. The molecule has 1 aromatic carbocycles. The maximum Gasteiger partial charge on any atom is 0.494 e. The Balaban J connectivity index is 1.89. The van der Waals surface area contributed by atoms with Gasteiger partial charge in [0.2, 0.25) is 0 Å². The first kappa shape index (κ1) is 16.3. The van der Waals surface area contributed by atoms with Crippen molar-refractivity contribution in [3.63, 3.8) is 0 Å². The van der Waals surface area contributed by atoms with Crippen LogP contribution in [0.15, 0.2) is 36.7 Å². The van der Waals surface area contributed by atoms with Crippen molar-refractivity contribution in [2.45, 2.75) is 58.8 Å². The highest BCUT2D eigenvalue weighted by molar-refractivity contribution is 6.62. The van der Waals surface area contributed by atoms with E-state index in [-0.39, 0.29) is 18.3 Å². The molecule has 0 atom stereocenters. The number of hydrogen-bond acceptors (Lipinski definition) is 3. The molecule has 0 saturated carbocycles. The molecule has 0 amide bonds. The number of benzene rings is 1. The van der Waals surface area contributed by atoms with Gasteiger partial charge in [-0.15, -0.1) is 0 Å². The predicted octanol–water partition coefficient (Wildman–Crippen LogP) is 3.43. The minimum Gasteiger partial charge on any atom is -0.399 e. The van der Waals surface area contributed by atoms with E-state index in [1.165, 1.54) is 0 Å². The lowest BCUT2D eigenvalue weighted by Crippen LogP contribution is -2.41. The molecule has 23 heavy (non-hydrogen) atoms. The van der Waals surface area contributed by atoms with E-state index in [0.717, 1.165) is 16.6 Å². The Morgan fingerprint density at radius 2 is 1.70 bits per heavy atom. The molecule has 2 heterocycles. The van der Waals surface area contributed by atoms with E-state index in [9.17, 15) is 0 Å². The molecule has 0 bridgehead atoms. The summed E-state index contributed by atoms with van der Waals surface area (Å²) in [7, 11) is -0.333. The van der Waals surface area contributed by atoms with Crippen LogP contribution in [-0.2, 0) is 9.31 Å². The molecule has 0 N–H and O–H groups in total. The Bertz CT molecular complexity index is 691. The Labute approximate surface area is 138 Å². The van der Waals surface area contributed by atoms with Gasteiger partial charge in [0, 0.05) is 17.8 Å². The number of rotatable bonds is 3. The molecule has 2 aromatic rings. The summed E-state index contributed by atoms with van der Waals surface area (Å²) in [6, 6.07) is 8.68. The third-order valence-electron chi connectivity index (χ3n) is 4.88. The first-order chi connectivity index (χ1) is 10.7. The fraction of sp³-hybridized carbons (Fsp3) is 0.500. The van der Waals surface area contributed by atoms with Gasteiger partial charge in [0.1, 0.15) is 0 Å². The molecule has 1 aliphatic rings. The van der Waals surface area contributed by atoms with Crippen LogP contribution in [0.25, 0.3) is 11.1 Å². The van der Waals surface area contributed by atoms with Crippen LogP contribution in [-0.4, -0.2) is 28.1 Å². The quantitative estimate of drug-likeness (QED) is 0.815. The van der Waals surface area contributed by atoms with Crippen LogP contribution in [0.4, 0.5) is 0 Å². The van der Waals surface area contributed by atoms with Crippen LogP contribution in [0.3, 0.4) is 0 Å². The summed E-state index contributed by atoms with van der Waals surface area (Å²) in [5, 5.41) is 4.42. The minimum absolute atomic E-state index is 0.323. The first-order valence-electron chi connectivity index (χ1n) is 8.20. The van der Waals surface area contributed by atoms with Crippen LogP contribution in [0.5, 0.6) is 0 Å². The van der Waals surface area contributed by atoms with Gasteiger partial charge in [-0.2, -0.15) is 5.10 Å². The van der Waals surface area contributed by atoms with Crippen molar-refractivity contribution < 1.29 is 9.31 Å². The second kappa shape index (κ2) is 5.50. The zero-order valence-corrected chi connectivity index (χ0v) is 14.8. The Morgan fingerprint density at radius 1 is 1.04 bits per heavy atom. The molecular weight excluding hydrogens is 287 g/mol. The molecule has 122 valence electrons. The van der Waals surface area contributed by atoms with Gasteiger partial charge in [-0.3, -0.25) is 4.68 Å². The van der Waals surface area contributed by atoms with Gasteiger partial charge in [-0.1, -0.05) is 24.3 Å². The van der Waals surface area contributed by atoms with Gasteiger partial charge >= 0.3 is 7.12 Å². The van der Waals surface area contributed by atoms with Crippen molar-refractivity contribution in [1.29, 1.82) is 0 Å². The van der Waals surface area contributed by atoms with E-state index in [2.05, 4.69) is 71.0 Å². The SMILES string of the molecule is CC(C)n1cc(-c2cccc(B3OC(C)(C)C(C)(C)O3)c2)cn1. The molecule has 0 aliphatic carbocycles. The van der Waals surface area contributed by atoms with Crippen molar-refractivity contribution in [1.82, 2.24) is 9.78 Å². The smallest absolute Gasteiger partial charge is 0.399 e. The Hall–Kier alpha value is -1.59. The van der Waals surface area contributed by atoms with Gasteiger partial charge in [0.25, 0.3) is 0 Å². The van der Waals surface area contributed by atoms with Crippen LogP contribution in [0.1, 0.15) is 47.6 Å². The molecule has 3 rings (SSSR count). The number of aromatic nitrogens is 2. The van der Waals surface area contributed by atoms with E-state index in [1.807, 2.05) is 16.9 Å². The highest BCUT2D eigenvalue weighted by Crippen LogP contribution is 2.36. The second-order valence-electron chi connectivity index (χ2n) is 7.52. The topological polar surface area (TPSA) is 36.3 Å². The highest BCUT2D eigenvalue weighted by atomic mass is 16.7. The van der Waals surface area contributed by atoms with E-state index >= 15 is 0 Å². The lowest BCUT2D eigenvalue weighted by atomic mass is 9.78. The number of nitrogens with zero attached hydrogens (tertiary/aromatic N) is 2. The molecule has 1 aromatic heterocycles. The fourth-order valence-electron chi connectivity index (χ4n) is 2.61. The first-order valence-corrected chi connectivity index (χ1v) is 8.20. The van der Waals surface area contributed by atoms with Gasteiger partial charge in [0.05, 0.1) is 17.4 Å². The zero-order valence-electron chi connectivity index (χ0n) is 14.8. The molecule has 1 saturated heterocycles. The van der Waals surface area contributed by atoms with Crippen LogP contribution >= 0.6 is 0 Å². The van der Waals surface area contributed by atoms with Gasteiger partial charge in [-0.05, 0) is 52.6 Å². The third kappa shape index (κ3) is 2.95. The van der Waals surface area contributed by atoms with Crippen molar-refractivity contribution in [2.24, 2.45) is 0 Å². The van der Waals surface area contributed by atoms with E-state index in [1.54, 1.807) is 0 Å². The normalized spacial score (nSPS) is 19.5. The summed E-state index contributed by atoms with van der Waals surface area (Å²) in [6.07, 6.45) is 3.98. The largest absolute Gasteiger partial charge is 0.494 e. The van der Waals surface area contributed by atoms with Gasteiger partial charge in [-0.25, -0.2) is 0 Å². The Kier molecular flexibility index (Phi) is 3.89. The summed E-state index contributed by atoms with van der Waals surface area (Å²) in [4.78, 5) is 0.